The first-order valence-electron chi connectivity index (χ1n) is 8.81. The minimum Gasteiger partial charge on any atom is -0.393 e. The summed E-state index contributed by atoms with van der Waals surface area (Å²) >= 11 is 0. The Morgan fingerprint density at radius 2 is 1.69 bits per heavy atom. The monoisotopic (exact) mass is 380 g/mol. The van der Waals surface area contributed by atoms with Crippen LogP contribution in [0, 0.1) is 17.6 Å². The van der Waals surface area contributed by atoms with E-state index in [2.05, 4.69) is 0 Å². The van der Waals surface area contributed by atoms with Crippen LogP contribution in [0.25, 0.3) is 11.1 Å². The lowest BCUT2D eigenvalue weighted by Gasteiger charge is -2.16. The van der Waals surface area contributed by atoms with Gasteiger partial charge in [0.2, 0.25) is 0 Å². The van der Waals surface area contributed by atoms with Gasteiger partial charge < -0.3 is 5.11 Å². The molecule has 0 saturated heterocycles. The van der Waals surface area contributed by atoms with Crippen molar-refractivity contribution in [2.24, 2.45) is 5.92 Å². The third-order valence-corrected chi connectivity index (χ3v) is 6.82. The lowest BCUT2D eigenvalue weighted by molar-refractivity contribution is 0.145. The number of halogens is 2. The summed E-state index contributed by atoms with van der Waals surface area (Å²) in [7, 11) is -3.48. The molecule has 0 spiro atoms. The first-order chi connectivity index (χ1) is 12.3. The molecular formula is C20H22F2O3S. The molecule has 6 heteroatoms. The van der Waals surface area contributed by atoms with Gasteiger partial charge in [-0.25, -0.2) is 17.2 Å². The molecule has 1 N–H and O–H groups in total. The Bertz CT molecular complexity index is 863. The molecule has 1 saturated carbocycles. The number of sulfone groups is 1. The summed E-state index contributed by atoms with van der Waals surface area (Å²) < 4.78 is 52.2. The van der Waals surface area contributed by atoms with E-state index in [-0.39, 0.29) is 22.1 Å². The van der Waals surface area contributed by atoms with Crippen molar-refractivity contribution in [3.8, 4) is 11.1 Å². The van der Waals surface area contributed by atoms with Gasteiger partial charge in [0.15, 0.2) is 9.84 Å². The lowest BCUT2D eigenvalue weighted by atomic mass is 10.0. The van der Waals surface area contributed by atoms with Crippen LogP contribution >= 0.6 is 0 Å². The highest BCUT2D eigenvalue weighted by Gasteiger charge is 2.25. The molecule has 2 atom stereocenters. The zero-order chi connectivity index (χ0) is 18.7. The number of hydrogen-bond donors (Lipinski definition) is 1. The zero-order valence-electron chi connectivity index (χ0n) is 14.4. The molecule has 26 heavy (non-hydrogen) atoms. The van der Waals surface area contributed by atoms with E-state index in [0.29, 0.717) is 12.0 Å². The van der Waals surface area contributed by atoms with E-state index in [1.807, 2.05) is 0 Å². The number of benzene rings is 2. The quantitative estimate of drug-likeness (QED) is 0.803. The van der Waals surface area contributed by atoms with Crippen molar-refractivity contribution in [3.05, 3.63) is 54.1 Å². The van der Waals surface area contributed by atoms with E-state index < -0.39 is 27.6 Å². The van der Waals surface area contributed by atoms with Crippen LogP contribution in [-0.4, -0.2) is 25.4 Å². The molecule has 3 rings (SSSR count). The minimum absolute atomic E-state index is 0.00825. The van der Waals surface area contributed by atoms with Crippen molar-refractivity contribution in [3.63, 3.8) is 0 Å². The van der Waals surface area contributed by atoms with Gasteiger partial charge in [0, 0.05) is 11.6 Å². The maximum Gasteiger partial charge on any atom is 0.178 e. The van der Waals surface area contributed by atoms with Crippen molar-refractivity contribution in [1.29, 1.82) is 0 Å². The number of aliphatic hydroxyl groups is 1. The third-order valence-electron chi connectivity index (χ3n) is 4.92. The van der Waals surface area contributed by atoms with E-state index in [4.69, 9.17) is 0 Å². The fourth-order valence-corrected chi connectivity index (χ4v) is 5.22. The molecule has 0 amide bonds. The summed E-state index contributed by atoms with van der Waals surface area (Å²) in [5.41, 5.74) is 0.716. The normalized spacial score (nSPS) is 21.3. The maximum absolute atomic E-state index is 13.9. The molecule has 1 aliphatic carbocycles. The Labute approximate surface area is 152 Å². The van der Waals surface area contributed by atoms with Crippen LogP contribution in [0.15, 0.2) is 47.4 Å². The fraction of sp³-hybridized carbons (Fsp3) is 0.400. The topological polar surface area (TPSA) is 54.4 Å². The van der Waals surface area contributed by atoms with Crippen molar-refractivity contribution < 1.29 is 22.3 Å². The van der Waals surface area contributed by atoms with Crippen molar-refractivity contribution in [2.75, 3.05) is 5.75 Å². The molecular weight excluding hydrogens is 358 g/mol. The maximum atomic E-state index is 13.9. The fourth-order valence-electron chi connectivity index (χ4n) is 3.56. The second-order valence-corrected chi connectivity index (χ2v) is 9.00. The molecule has 1 aliphatic rings. The first-order valence-corrected chi connectivity index (χ1v) is 10.5. The Kier molecular flexibility index (Phi) is 5.73. The number of aliphatic hydroxyl groups excluding tert-OH is 1. The van der Waals surface area contributed by atoms with Crippen LogP contribution in [0.4, 0.5) is 8.78 Å². The minimum atomic E-state index is -3.48. The van der Waals surface area contributed by atoms with Crippen LogP contribution in [-0.2, 0) is 9.84 Å². The second kappa shape index (κ2) is 7.84. The summed E-state index contributed by atoms with van der Waals surface area (Å²) in [4.78, 5) is 0.183. The van der Waals surface area contributed by atoms with E-state index in [9.17, 15) is 22.3 Å². The molecule has 0 heterocycles. The summed E-state index contributed by atoms with van der Waals surface area (Å²) in [5, 5.41) is 9.88. The van der Waals surface area contributed by atoms with E-state index in [0.717, 1.165) is 31.7 Å². The second-order valence-electron chi connectivity index (χ2n) is 6.97. The van der Waals surface area contributed by atoms with Crippen LogP contribution < -0.4 is 0 Å². The van der Waals surface area contributed by atoms with Gasteiger partial charge in [-0.05, 0) is 55.0 Å². The Morgan fingerprint density at radius 1 is 1.00 bits per heavy atom. The Morgan fingerprint density at radius 3 is 2.38 bits per heavy atom. The summed E-state index contributed by atoms with van der Waals surface area (Å²) in [6.45, 7) is 0. The highest BCUT2D eigenvalue weighted by Crippen LogP contribution is 2.28. The van der Waals surface area contributed by atoms with Crippen molar-refractivity contribution in [2.45, 2.75) is 43.1 Å². The molecule has 1 fully saturated rings. The van der Waals surface area contributed by atoms with Gasteiger partial charge in [-0.15, -0.1) is 0 Å². The molecule has 140 valence electrons. The van der Waals surface area contributed by atoms with Gasteiger partial charge in [-0.3, -0.25) is 0 Å². The molecule has 0 aliphatic heterocycles. The molecule has 0 unspecified atom stereocenters. The van der Waals surface area contributed by atoms with E-state index in [1.165, 1.54) is 36.4 Å². The highest BCUT2D eigenvalue weighted by molar-refractivity contribution is 7.91. The first kappa shape index (κ1) is 19.0. The summed E-state index contributed by atoms with van der Waals surface area (Å²) in [6, 6.07) is 9.29. The van der Waals surface area contributed by atoms with Crippen molar-refractivity contribution >= 4 is 9.84 Å². The van der Waals surface area contributed by atoms with Gasteiger partial charge in [0.1, 0.15) is 11.6 Å². The molecule has 3 nitrogen and oxygen atoms in total. The summed E-state index contributed by atoms with van der Waals surface area (Å²) in [6.07, 6.45) is 3.47. The van der Waals surface area contributed by atoms with Gasteiger partial charge in [-0.2, -0.15) is 0 Å². The number of rotatable bonds is 4. The Hall–Kier alpha value is -1.79. The standard InChI is InChI=1S/C20H22F2O3S/c21-16-7-10-19(20(22)12-16)15-5-8-18(9-6-15)26(24,25)13-14-3-1-2-4-17(23)11-14/h5-10,12,14,17,23H,1-4,11,13H2/t14-,17+/m0/s1. The SMILES string of the molecule is O=S(=O)(C[C@H]1CCCC[C@@H](O)C1)c1ccc(-c2ccc(F)cc2F)cc1. The molecule has 0 bridgehead atoms. The van der Waals surface area contributed by atoms with Crippen molar-refractivity contribution in [1.82, 2.24) is 0 Å². The average Bonchev–Trinajstić information content (AvgIpc) is 2.78. The van der Waals surface area contributed by atoms with Crippen LogP contribution in [0.3, 0.4) is 0 Å². The van der Waals surface area contributed by atoms with E-state index in [1.54, 1.807) is 0 Å². The molecule has 2 aromatic carbocycles. The Balaban J connectivity index is 1.78. The molecule has 0 aromatic heterocycles. The van der Waals surface area contributed by atoms with E-state index >= 15 is 0 Å². The predicted octanol–water partition coefficient (Wildman–Crippen LogP) is 4.35. The van der Waals surface area contributed by atoms with Crippen LogP contribution in [0.1, 0.15) is 32.1 Å². The molecule has 2 aromatic rings. The highest BCUT2D eigenvalue weighted by atomic mass is 32.2. The predicted molar refractivity (Wildman–Crippen MR) is 96.4 cm³/mol. The number of hydrogen-bond acceptors (Lipinski definition) is 3. The smallest absolute Gasteiger partial charge is 0.178 e. The zero-order valence-corrected chi connectivity index (χ0v) is 15.2. The largest absolute Gasteiger partial charge is 0.393 e. The van der Waals surface area contributed by atoms with Crippen LogP contribution in [0.5, 0.6) is 0 Å². The van der Waals surface area contributed by atoms with Gasteiger partial charge in [0.05, 0.1) is 16.8 Å². The van der Waals surface area contributed by atoms with Gasteiger partial charge in [0.25, 0.3) is 0 Å². The third kappa shape index (κ3) is 4.48. The lowest BCUT2D eigenvalue weighted by Crippen LogP contribution is -2.20. The van der Waals surface area contributed by atoms with Crippen LogP contribution in [0.2, 0.25) is 0 Å². The van der Waals surface area contributed by atoms with Gasteiger partial charge in [-0.1, -0.05) is 25.0 Å². The van der Waals surface area contributed by atoms with Gasteiger partial charge >= 0.3 is 0 Å². The molecule has 0 radical (unpaired) electrons. The summed E-state index contributed by atoms with van der Waals surface area (Å²) in [5.74, 6) is -1.38. The average molecular weight is 380 g/mol.